The van der Waals surface area contributed by atoms with Crippen molar-refractivity contribution in [1.82, 2.24) is 4.57 Å². The maximum Gasteiger partial charge on any atom is 0.0558 e. The van der Waals surface area contributed by atoms with Crippen molar-refractivity contribution >= 4 is 34.0 Å². The smallest absolute Gasteiger partial charge is 0.0558 e. The zero-order valence-corrected chi connectivity index (χ0v) is 28.3. The third-order valence-corrected chi connectivity index (χ3v) is 10.6. The summed E-state index contributed by atoms with van der Waals surface area (Å²) < 4.78 is 2.50. The first-order valence-corrected chi connectivity index (χ1v) is 18.0. The summed E-state index contributed by atoms with van der Waals surface area (Å²) in [5, 5.41) is 1.34. The van der Waals surface area contributed by atoms with Crippen LogP contribution in [0, 0.1) is 0 Å². The monoisotopic (exact) mass is 652 g/mol. The van der Waals surface area contributed by atoms with Gasteiger partial charge in [0, 0.05) is 40.1 Å². The zero-order valence-electron chi connectivity index (χ0n) is 28.3. The van der Waals surface area contributed by atoms with Gasteiger partial charge < -0.3 is 9.47 Å². The molecule has 0 atom stereocenters. The molecule has 10 rings (SSSR count). The number of allylic oxidation sites excluding steroid dienone is 1. The molecule has 2 nitrogen and oxygen atoms in total. The Hall–Kier alpha value is -6.38. The van der Waals surface area contributed by atoms with E-state index in [-0.39, 0.29) is 0 Å². The topological polar surface area (TPSA) is 8.17 Å². The Morgan fingerprint density at radius 1 is 0.431 bits per heavy atom. The van der Waals surface area contributed by atoms with Crippen LogP contribution in [0.15, 0.2) is 176 Å². The van der Waals surface area contributed by atoms with Crippen LogP contribution in [0.1, 0.15) is 28.8 Å². The van der Waals surface area contributed by atoms with Crippen molar-refractivity contribution in [3.63, 3.8) is 0 Å². The van der Waals surface area contributed by atoms with Gasteiger partial charge in [-0.2, -0.15) is 0 Å². The van der Waals surface area contributed by atoms with E-state index in [9.17, 15) is 0 Å². The Morgan fingerprint density at radius 2 is 1.02 bits per heavy atom. The molecule has 0 amide bonds. The van der Waals surface area contributed by atoms with Crippen molar-refractivity contribution in [1.29, 1.82) is 0 Å². The number of hydrogen-bond donors (Lipinski definition) is 0. The lowest BCUT2D eigenvalue weighted by Gasteiger charge is -2.34. The first-order chi connectivity index (χ1) is 25.3. The van der Waals surface area contributed by atoms with Crippen molar-refractivity contribution in [3.8, 4) is 39.1 Å². The van der Waals surface area contributed by atoms with E-state index in [2.05, 4.69) is 191 Å². The van der Waals surface area contributed by atoms with Crippen molar-refractivity contribution in [2.75, 3.05) is 4.90 Å². The second-order valence-electron chi connectivity index (χ2n) is 13.7. The summed E-state index contributed by atoms with van der Waals surface area (Å²) in [6.07, 6.45) is 7.71. The molecule has 0 saturated carbocycles. The number of fused-ring (bicyclic) bond motifs is 5. The van der Waals surface area contributed by atoms with Gasteiger partial charge in [0.2, 0.25) is 0 Å². The maximum atomic E-state index is 2.50. The molecule has 0 radical (unpaired) electrons. The standard InChI is InChI=1S/C49H36N2/c1-4-14-34(15-5-1)38-29-39(35-16-6-2-7-17-35)31-40(30-38)36-24-26-43(27-25-36)50-46-22-12-10-18-37(46)28-41-32-45-44-21-11-13-23-47(44)51(49(45)33-48(41)50)42-19-8-3-9-20-42/h1-12,14-22,24-27,29-33H,13,23,28H2. The van der Waals surface area contributed by atoms with Crippen LogP contribution in [0.5, 0.6) is 0 Å². The van der Waals surface area contributed by atoms with Crippen LogP contribution in [-0.4, -0.2) is 4.57 Å². The summed E-state index contributed by atoms with van der Waals surface area (Å²) in [4.78, 5) is 2.48. The highest BCUT2D eigenvalue weighted by Crippen LogP contribution is 2.47. The third-order valence-electron chi connectivity index (χ3n) is 10.6. The van der Waals surface area contributed by atoms with Crippen molar-refractivity contribution in [2.24, 2.45) is 0 Å². The van der Waals surface area contributed by atoms with Gasteiger partial charge in [-0.05, 0) is 118 Å². The van der Waals surface area contributed by atoms with Crippen molar-refractivity contribution < 1.29 is 0 Å². The summed E-state index contributed by atoms with van der Waals surface area (Å²) >= 11 is 0. The van der Waals surface area contributed by atoms with Crippen molar-refractivity contribution in [2.45, 2.75) is 19.3 Å². The van der Waals surface area contributed by atoms with Gasteiger partial charge >= 0.3 is 0 Å². The molecule has 0 saturated heterocycles. The summed E-state index contributed by atoms with van der Waals surface area (Å²) in [5.41, 5.74) is 18.9. The predicted molar refractivity (Wildman–Crippen MR) is 214 cm³/mol. The minimum Gasteiger partial charge on any atom is -0.313 e. The molecule has 242 valence electrons. The number of nitrogens with zero attached hydrogens (tertiary/aromatic N) is 2. The second kappa shape index (κ2) is 12.2. The maximum absolute atomic E-state index is 2.50. The second-order valence-corrected chi connectivity index (χ2v) is 13.7. The Labute approximate surface area is 299 Å². The van der Waals surface area contributed by atoms with Crippen LogP contribution in [-0.2, 0) is 12.8 Å². The summed E-state index contributed by atoms with van der Waals surface area (Å²) in [6.45, 7) is 0. The van der Waals surface area contributed by atoms with Crippen LogP contribution >= 0.6 is 0 Å². The van der Waals surface area contributed by atoms with Crippen LogP contribution in [0.3, 0.4) is 0 Å². The lowest BCUT2D eigenvalue weighted by molar-refractivity contribution is 0.888. The summed E-state index contributed by atoms with van der Waals surface area (Å²) in [5.74, 6) is 0. The molecule has 1 aromatic heterocycles. The predicted octanol–water partition coefficient (Wildman–Crippen LogP) is 13.0. The first-order valence-electron chi connectivity index (χ1n) is 18.0. The average molecular weight is 653 g/mol. The molecule has 2 heterocycles. The van der Waals surface area contributed by atoms with Gasteiger partial charge in [-0.1, -0.05) is 121 Å². The zero-order chi connectivity index (χ0) is 33.7. The van der Waals surface area contributed by atoms with E-state index in [0.29, 0.717) is 0 Å². The van der Waals surface area contributed by atoms with Crippen molar-refractivity contribution in [3.05, 3.63) is 198 Å². The van der Waals surface area contributed by atoms with Gasteiger partial charge in [0.1, 0.15) is 0 Å². The molecule has 0 unspecified atom stereocenters. The molecular formula is C49H36N2. The quantitative estimate of drug-likeness (QED) is 0.180. The number of anilines is 3. The fraction of sp³-hybridized carbons (Fsp3) is 0.0612. The highest BCUT2D eigenvalue weighted by molar-refractivity contribution is 5.99. The van der Waals surface area contributed by atoms with E-state index < -0.39 is 0 Å². The lowest BCUT2D eigenvalue weighted by Crippen LogP contribution is -2.18. The number of rotatable bonds is 5. The molecule has 0 bridgehead atoms. The van der Waals surface area contributed by atoms with Gasteiger partial charge in [-0.15, -0.1) is 0 Å². The van der Waals surface area contributed by atoms with E-state index in [1.54, 1.807) is 0 Å². The van der Waals surface area contributed by atoms with Gasteiger partial charge in [-0.25, -0.2) is 0 Å². The minimum atomic E-state index is 0.916. The number of para-hydroxylation sites is 2. The Kier molecular flexibility index (Phi) is 7.06. The molecule has 2 aliphatic rings. The summed E-state index contributed by atoms with van der Waals surface area (Å²) in [6, 6.07) is 62.2. The Morgan fingerprint density at radius 3 is 1.69 bits per heavy atom. The summed E-state index contributed by atoms with van der Waals surface area (Å²) in [7, 11) is 0. The van der Waals surface area contributed by atoms with E-state index in [1.807, 2.05) is 0 Å². The molecule has 8 aromatic rings. The highest BCUT2D eigenvalue weighted by Gasteiger charge is 2.27. The number of aromatic nitrogens is 1. The van der Waals surface area contributed by atoms with Gasteiger partial charge in [0.05, 0.1) is 11.2 Å². The molecular weight excluding hydrogens is 617 g/mol. The molecule has 51 heavy (non-hydrogen) atoms. The van der Waals surface area contributed by atoms with Crippen LogP contribution < -0.4 is 4.90 Å². The molecule has 0 spiro atoms. The molecule has 1 aliphatic heterocycles. The number of benzene rings is 7. The molecule has 7 aromatic carbocycles. The van der Waals surface area contributed by atoms with Crippen LogP contribution in [0.2, 0.25) is 0 Å². The van der Waals surface area contributed by atoms with E-state index >= 15 is 0 Å². The van der Waals surface area contributed by atoms with Gasteiger partial charge in [0.15, 0.2) is 0 Å². The molecule has 1 aliphatic carbocycles. The highest BCUT2D eigenvalue weighted by atomic mass is 15.2. The van der Waals surface area contributed by atoms with Crippen LogP contribution in [0.4, 0.5) is 17.1 Å². The third kappa shape index (κ3) is 5.11. The lowest BCUT2D eigenvalue weighted by atomic mass is 9.92. The van der Waals surface area contributed by atoms with Crippen LogP contribution in [0.25, 0.3) is 56.0 Å². The molecule has 0 fully saturated rings. The molecule has 0 N–H and O–H groups in total. The Balaban J connectivity index is 1.12. The fourth-order valence-electron chi connectivity index (χ4n) is 8.20. The van der Waals surface area contributed by atoms with E-state index in [0.717, 1.165) is 24.9 Å². The molecule has 2 heteroatoms. The van der Waals surface area contributed by atoms with Gasteiger partial charge in [-0.3, -0.25) is 0 Å². The van der Waals surface area contributed by atoms with Gasteiger partial charge in [0.25, 0.3) is 0 Å². The SMILES string of the molecule is C1=Cc2c(n(-c3ccccc3)c3cc4c(cc23)Cc2ccccc2N4c2ccc(-c3cc(-c4ccccc4)cc(-c4ccccc4)c3)cc2)CC1. The minimum absolute atomic E-state index is 0.916. The Bertz CT molecular complexity index is 2520. The number of hydrogen-bond acceptors (Lipinski definition) is 1. The largest absolute Gasteiger partial charge is 0.313 e. The first kappa shape index (κ1) is 29.5. The fourth-order valence-corrected chi connectivity index (χ4v) is 8.20. The average Bonchev–Trinajstić information content (AvgIpc) is 3.53. The normalized spacial score (nSPS) is 13.1. The van der Waals surface area contributed by atoms with E-state index in [1.165, 1.54) is 83.7 Å². The van der Waals surface area contributed by atoms with E-state index in [4.69, 9.17) is 0 Å².